The molecule has 0 amide bonds. The van der Waals surface area contributed by atoms with E-state index in [1.54, 1.807) is 13.0 Å². The summed E-state index contributed by atoms with van der Waals surface area (Å²) in [4.78, 5) is 0. The first-order chi connectivity index (χ1) is 4.22. The molecule has 0 aliphatic heterocycles. The maximum absolute atomic E-state index is 8.94. The maximum Gasteiger partial charge on any atom is 0.122 e. The van der Waals surface area contributed by atoms with E-state index in [1.807, 2.05) is 0 Å². The largest absolute Gasteiger partial charge is 0.508 e. The molecule has 0 aromatic heterocycles. The maximum atomic E-state index is 8.94. The first-order valence-corrected chi connectivity index (χ1v) is 2.69. The first kappa shape index (κ1) is 8.78. The molecule has 0 aliphatic carbocycles. The second-order valence-corrected chi connectivity index (χ2v) is 1.92. The number of phenolic OH excluding ortho intramolecular Hbond substituents is 2. The van der Waals surface area contributed by atoms with Crippen LogP contribution in [0.3, 0.4) is 0 Å². The van der Waals surface area contributed by atoms with Crippen LogP contribution in [0.2, 0.25) is 0 Å². The van der Waals surface area contributed by atoms with E-state index < -0.39 is 0 Å². The number of aromatic hydroxyl groups is 2. The molecule has 4 N–H and O–H groups in total. The molecule has 0 unspecified atom stereocenters. The van der Waals surface area contributed by atoms with Gasteiger partial charge in [0.25, 0.3) is 0 Å². The normalized spacial score (nSPS) is 8.50. The number of benzene rings is 1. The second-order valence-electron chi connectivity index (χ2n) is 1.92. The van der Waals surface area contributed by atoms with E-state index in [-0.39, 0.29) is 17.0 Å². The summed E-state index contributed by atoms with van der Waals surface area (Å²) in [5.41, 5.74) is 0.525. The van der Waals surface area contributed by atoms with Gasteiger partial charge in [0, 0.05) is 5.56 Å². The van der Waals surface area contributed by atoms with E-state index in [0.29, 0.717) is 5.56 Å². The Hall–Kier alpha value is -1.22. The number of hydrogen-bond acceptors (Lipinski definition) is 2. The van der Waals surface area contributed by atoms with Crippen LogP contribution in [0.15, 0.2) is 18.2 Å². The van der Waals surface area contributed by atoms with Crippen molar-refractivity contribution in [3.05, 3.63) is 23.8 Å². The third-order valence-electron chi connectivity index (χ3n) is 1.28. The molecule has 1 rings (SSSR count). The lowest BCUT2D eigenvalue weighted by Gasteiger charge is -1.98. The predicted octanol–water partition coefficient (Wildman–Crippen LogP) is 0.582. The van der Waals surface area contributed by atoms with Gasteiger partial charge in [-0.2, -0.15) is 0 Å². The predicted molar refractivity (Wildman–Crippen MR) is 38.1 cm³/mol. The summed E-state index contributed by atoms with van der Waals surface area (Å²) in [5, 5.41) is 17.9. The molecule has 3 nitrogen and oxygen atoms in total. The Morgan fingerprint density at radius 3 is 1.80 bits per heavy atom. The zero-order valence-corrected chi connectivity index (χ0v) is 5.63. The van der Waals surface area contributed by atoms with E-state index in [4.69, 9.17) is 10.2 Å². The zero-order valence-electron chi connectivity index (χ0n) is 5.63. The van der Waals surface area contributed by atoms with Crippen molar-refractivity contribution in [2.24, 2.45) is 0 Å². The zero-order chi connectivity index (χ0) is 6.85. The Bertz CT molecular complexity index is 200. The van der Waals surface area contributed by atoms with Gasteiger partial charge in [-0.05, 0) is 19.1 Å². The van der Waals surface area contributed by atoms with Crippen molar-refractivity contribution in [1.29, 1.82) is 0 Å². The van der Waals surface area contributed by atoms with E-state index in [1.165, 1.54) is 12.1 Å². The average molecular weight is 142 g/mol. The van der Waals surface area contributed by atoms with Crippen molar-refractivity contribution >= 4 is 0 Å². The van der Waals surface area contributed by atoms with Crippen LogP contribution in [-0.4, -0.2) is 15.7 Å². The molecule has 0 spiro atoms. The van der Waals surface area contributed by atoms with Crippen molar-refractivity contribution in [2.45, 2.75) is 6.92 Å². The van der Waals surface area contributed by atoms with Gasteiger partial charge in [0.2, 0.25) is 0 Å². The van der Waals surface area contributed by atoms with Gasteiger partial charge in [0.05, 0.1) is 0 Å². The lowest BCUT2D eigenvalue weighted by Crippen LogP contribution is -1.73. The van der Waals surface area contributed by atoms with E-state index in [2.05, 4.69) is 0 Å². The highest BCUT2D eigenvalue weighted by atomic mass is 16.3. The van der Waals surface area contributed by atoms with Gasteiger partial charge < -0.3 is 15.7 Å². The minimum Gasteiger partial charge on any atom is -0.508 e. The quantitative estimate of drug-likeness (QED) is 0.556. The lowest BCUT2D eigenvalue weighted by molar-refractivity contribution is 0.443. The van der Waals surface area contributed by atoms with Gasteiger partial charge in [0.1, 0.15) is 11.5 Å². The Balaban J connectivity index is 0.000000810. The fourth-order valence-electron chi connectivity index (χ4n) is 0.612. The van der Waals surface area contributed by atoms with Crippen LogP contribution >= 0.6 is 0 Å². The average Bonchev–Trinajstić information content (AvgIpc) is 1.83. The fourth-order valence-corrected chi connectivity index (χ4v) is 0.612. The summed E-state index contributed by atoms with van der Waals surface area (Å²) in [5.74, 6) is 0.269. The Morgan fingerprint density at radius 1 is 1.10 bits per heavy atom. The van der Waals surface area contributed by atoms with Crippen LogP contribution in [-0.2, 0) is 0 Å². The summed E-state index contributed by atoms with van der Waals surface area (Å²) in [6.07, 6.45) is 0. The van der Waals surface area contributed by atoms with Crippen LogP contribution in [0.1, 0.15) is 5.56 Å². The van der Waals surface area contributed by atoms with Crippen molar-refractivity contribution in [1.82, 2.24) is 0 Å². The van der Waals surface area contributed by atoms with E-state index in [0.717, 1.165) is 0 Å². The number of rotatable bonds is 0. The molecule has 1 aromatic rings. The van der Waals surface area contributed by atoms with Crippen LogP contribution in [0.25, 0.3) is 0 Å². The van der Waals surface area contributed by atoms with E-state index in [9.17, 15) is 0 Å². The summed E-state index contributed by atoms with van der Waals surface area (Å²) in [7, 11) is 0. The molecule has 0 saturated carbocycles. The Labute approximate surface area is 58.9 Å². The highest BCUT2D eigenvalue weighted by Gasteiger charge is 1.97. The van der Waals surface area contributed by atoms with Crippen LogP contribution < -0.4 is 0 Å². The molecule has 0 atom stereocenters. The lowest BCUT2D eigenvalue weighted by atomic mass is 10.2. The third kappa shape index (κ3) is 1.39. The minimum absolute atomic E-state index is 0. The van der Waals surface area contributed by atoms with Crippen molar-refractivity contribution in [3.8, 4) is 11.5 Å². The topological polar surface area (TPSA) is 72.0 Å². The minimum atomic E-state index is 0. The fraction of sp³-hybridized carbons (Fsp3) is 0.143. The van der Waals surface area contributed by atoms with Crippen molar-refractivity contribution < 1.29 is 15.7 Å². The molecule has 0 bridgehead atoms. The molecule has 0 fully saturated rings. The molecular formula is C7H10O3. The van der Waals surface area contributed by atoms with Crippen molar-refractivity contribution in [3.63, 3.8) is 0 Å². The summed E-state index contributed by atoms with van der Waals surface area (Å²) < 4.78 is 0. The summed E-state index contributed by atoms with van der Waals surface area (Å²) in [6, 6.07) is 4.67. The Kier molecular flexibility index (Phi) is 2.70. The second kappa shape index (κ2) is 3.08. The smallest absolute Gasteiger partial charge is 0.122 e. The SMILES string of the molecule is Cc1c(O)cccc1O.O. The van der Waals surface area contributed by atoms with Crippen LogP contribution in [0.4, 0.5) is 0 Å². The number of hydrogen-bond donors (Lipinski definition) is 2. The highest BCUT2D eigenvalue weighted by molar-refractivity contribution is 5.41. The van der Waals surface area contributed by atoms with Gasteiger partial charge >= 0.3 is 0 Å². The van der Waals surface area contributed by atoms with Gasteiger partial charge in [-0.25, -0.2) is 0 Å². The first-order valence-electron chi connectivity index (χ1n) is 2.69. The molecule has 56 valence electrons. The standard InChI is InChI=1S/C7H8O2.H2O/c1-5-6(8)3-2-4-7(5)9;/h2-4,8-9H,1H3;1H2. The van der Waals surface area contributed by atoms with Gasteiger partial charge in [0.15, 0.2) is 0 Å². The van der Waals surface area contributed by atoms with Crippen molar-refractivity contribution in [2.75, 3.05) is 0 Å². The third-order valence-corrected chi connectivity index (χ3v) is 1.28. The van der Waals surface area contributed by atoms with Crippen LogP contribution in [0.5, 0.6) is 11.5 Å². The van der Waals surface area contributed by atoms with Gasteiger partial charge in [-0.15, -0.1) is 0 Å². The monoisotopic (exact) mass is 142 g/mol. The molecule has 0 saturated heterocycles. The molecule has 3 heteroatoms. The van der Waals surface area contributed by atoms with Gasteiger partial charge in [-0.3, -0.25) is 0 Å². The number of phenols is 2. The Morgan fingerprint density at radius 2 is 1.50 bits per heavy atom. The molecule has 0 radical (unpaired) electrons. The molecular weight excluding hydrogens is 132 g/mol. The highest BCUT2D eigenvalue weighted by Crippen LogP contribution is 2.23. The summed E-state index contributed by atoms with van der Waals surface area (Å²) >= 11 is 0. The molecule has 1 aromatic carbocycles. The van der Waals surface area contributed by atoms with Crippen LogP contribution in [0, 0.1) is 6.92 Å². The van der Waals surface area contributed by atoms with Gasteiger partial charge in [-0.1, -0.05) is 6.07 Å². The summed E-state index contributed by atoms with van der Waals surface area (Å²) in [6.45, 7) is 1.66. The molecule has 10 heavy (non-hydrogen) atoms. The molecule has 0 heterocycles. The molecule has 0 aliphatic rings. The van der Waals surface area contributed by atoms with E-state index >= 15 is 0 Å².